The molecule has 206 valence electrons. The Bertz CT molecular complexity index is 1640. The number of benzene rings is 4. The van der Waals surface area contributed by atoms with Crippen molar-refractivity contribution in [1.29, 1.82) is 0 Å². The summed E-state index contributed by atoms with van der Waals surface area (Å²) in [6.07, 6.45) is 1.87. The van der Waals surface area contributed by atoms with Crippen LogP contribution in [0.1, 0.15) is 22.8 Å². The number of rotatable bonds is 10. The standard InChI is InChI=1S/C33H29ClN4O3/c1-2-41-27-17-11-16-26(20-27)38-22-30(25-14-7-4-8-15-25)35-33(38)36-31(39)23-37(21-24-12-5-3-6-13-24)32(40)28-18-9-10-19-29(28)34/h3-20,22H,2,21,23H2,1H3,(H,35,36,39). The van der Waals surface area contributed by atoms with Gasteiger partial charge in [-0.05, 0) is 36.8 Å². The Hall–Kier alpha value is -4.88. The Morgan fingerprint density at radius 3 is 2.34 bits per heavy atom. The van der Waals surface area contributed by atoms with Gasteiger partial charge in [0.05, 0.1) is 28.6 Å². The van der Waals surface area contributed by atoms with Crippen LogP contribution in [0.3, 0.4) is 0 Å². The molecule has 5 rings (SSSR count). The van der Waals surface area contributed by atoms with Gasteiger partial charge in [0.2, 0.25) is 11.9 Å². The number of halogens is 1. The monoisotopic (exact) mass is 564 g/mol. The van der Waals surface area contributed by atoms with Gasteiger partial charge in [0.15, 0.2) is 0 Å². The number of nitrogens with zero attached hydrogens (tertiary/aromatic N) is 3. The van der Waals surface area contributed by atoms with E-state index in [0.717, 1.165) is 16.8 Å². The van der Waals surface area contributed by atoms with Crippen LogP contribution in [0.25, 0.3) is 16.9 Å². The van der Waals surface area contributed by atoms with Crippen LogP contribution in [0.4, 0.5) is 5.95 Å². The van der Waals surface area contributed by atoms with E-state index in [2.05, 4.69) is 5.32 Å². The van der Waals surface area contributed by atoms with E-state index >= 15 is 0 Å². The fourth-order valence-electron chi connectivity index (χ4n) is 4.45. The minimum Gasteiger partial charge on any atom is -0.494 e. The quantitative estimate of drug-likeness (QED) is 0.201. The van der Waals surface area contributed by atoms with Crippen molar-refractivity contribution < 1.29 is 14.3 Å². The second-order valence-corrected chi connectivity index (χ2v) is 9.70. The maximum Gasteiger partial charge on any atom is 0.256 e. The average Bonchev–Trinajstić information content (AvgIpc) is 3.41. The van der Waals surface area contributed by atoms with Crippen LogP contribution in [0.5, 0.6) is 5.75 Å². The molecule has 0 fully saturated rings. The number of carbonyl (C=O) groups excluding carboxylic acids is 2. The lowest BCUT2D eigenvalue weighted by Crippen LogP contribution is -2.38. The SMILES string of the molecule is CCOc1cccc(-n2cc(-c3ccccc3)nc2NC(=O)CN(Cc2ccccc2)C(=O)c2ccccc2Cl)c1. The fraction of sp³-hybridized carbons (Fsp3) is 0.121. The molecule has 0 unspecified atom stereocenters. The van der Waals surface area contributed by atoms with E-state index in [1.54, 1.807) is 28.8 Å². The topological polar surface area (TPSA) is 76.5 Å². The van der Waals surface area contributed by atoms with Gasteiger partial charge in [-0.15, -0.1) is 0 Å². The lowest BCUT2D eigenvalue weighted by Gasteiger charge is -2.23. The maximum atomic E-state index is 13.6. The molecule has 2 amide bonds. The second-order valence-electron chi connectivity index (χ2n) is 9.29. The molecule has 0 aliphatic rings. The maximum absolute atomic E-state index is 13.6. The smallest absolute Gasteiger partial charge is 0.256 e. The highest BCUT2D eigenvalue weighted by Crippen LogP contribution is 2.26. The fourth-order valence-corrected chi connectivity index (χ4v) is 4.67. The van der Waals surface area contributed by atoms with Gasteiger partial charge in [0.1, 0.15) is 12.3 Å². The van der Waals surface area contributed by atoms with Crippen LogP contribution >= 0.6 is 11.6 Å². The van der Waals surface area contributed by atoms with Crippen LogP contribution in [-0.2, 0) is 11.3 Å². The number of ether oxygens (including phenoxy) is 1. The third-order valence-corrected chi connectivity index (χ3v) is 6.71. The van der Waals surface area contributed by atoms with Crippen LogP contribution in [0.15, 0.2) is 115 Å². The van der Waals surface area contributed by atoms with Crippen molar-refractivity contribution in [2.45, 2.75) is 13.5 Å². The van der Waals surface area contributed by atoms with Gasteiger partial charge >= 0.3 is 0 Å². The Balaban J connectivity index is 1.45. The number of hydrogen-bond acceptors (Lipinski definition) is 4. The van der Waals surface area contributed by atoms with Crippen LogP contribution in [-0.4, -0.2) is 39.4 Å². The molecule has 4 aromatic carbocycles. The Labute approximate surface area is 244 Å². The van der Waals surface area contributed by atoms with Crippen molar-refractivity contribution >= 4 is 29.4 Å². The van der Waals surface area contributed by atoms with Gasteiger partial charge < -0.3 is 9.64 Å². The van der Waals surface area contributed by atoms with Gasteiger partial charge in [-0.2, -0.15) is 0 Å². The lowest BCUT2D eigenvalue weighted by atomic mass is 10.1. The molecule has 0 saturated heterocycles. The largest absolute Gasteiger partial charge is 0.494 e. The number of hydrogen-bond donors (Lipinski definition) is 1. The van der Waals surface area contributed by atoms with E-state index in [1.807, 2.05) is 98.0 Å². The molecule has 0 bridgehead atoms. The van der Waals surface area contributed by atoms with Crippen molar-refractivity contribution in [2.24, 2.45) is 0 Å². The van der Waals surface area contributed by atoms with Crippen molar-refractivity contribution in [3.63, 3.8) is 0 Å². The minimum atomic E-state index is -0.395. The molecule has 41 heavy (non-hydrogen) atoms. The molecule has 5 aromatic rings. The summed E-state index contributed by atoms with van der Waals surface area (Å²) in [5, 5.41) is 3.26. The third-order valence-electron chi connectivity index (χ3n) is 6.38. The predicted octanol–water partition coefficient (Wildman–Crippen LogP) is 6.87. The minimum absolute atomic E-state index is 0.203. The van der Waals surface area contributed by atoms with Crippen molar-refractivity contribution in [2.75, 3.05) is 18.5 Å². The van der Waals surface area contributed by atoms with E-state index in [1.165, 1.54) is 4.90 Å². The molecule has 1 N–H and O–H groups in total. The molecular weight excluding hydrogens is 536 g/mol. The summed E-state index contributed by atoms with van der Waals surface area (Å²) in [5.41, 5.74) is 3.59. The van der Waals surface area contributed by atoms with Crippen LogP contribution in [0.2, 0.25) is 5.02 Å². The van der Waals surface area contributed by atoms with Crippen molar-refractivity contribution in [1.82, 2.24) is 14.5 Å². The van der Waals surface area contributed by atoms with E-state index in [-0.39, 0.29) is 19.0 Å². The summed E-state index contributed by atoms with van der Waals surface area (Å²) >= 11 is 6.35. The first-order chi connectivity index (χ1) is 20.0. The number of nitrogens with one attached hydrogen (secondary N) is 1. The van der Waals surface area contributed by atoms with Crippen LogP contribution in [0, 0.1) is 0 Å². The van der Waals surface area contributed by atoms with E-state index in [9.17, 15) is 9.59 Å². The van der Waals surface area contributed by atoms with Gasteiger partial charge in [-0.25, -0.2) is 4.98 Å². The summed E-state index contributed by atoms with van der Waals surface area (Å²) in [4.78, 5) is 33.3. The molecule has 0 spiro atoms. The lowest BCUT2D eigenvalue weighted by molar-refractivity contribution is -0.117. The summed E-state index contributed by atoms with van der Waals surface area (Å²) in [6, 6.07) is 33.6. The van der Waals surface area contributed by atoms with Crippen molar-refractivity contribution in [3.8, 4) is 22.7 Å². The van der Waals surface area contributed by atoms with E-state index < -0.39 is 5.91 Å². The first-order valence-corrected chi connectivity index (χ1v) is 13.6. The number of aromatic nitrogens is 2. The Morgan fingerprint density at radius 1 is 0.902 bits per heavy atom. The van der Waals surface area contributed by atoms with Gasteiger partial charge in [-0.3, -0.25) is 19.5 Å². The number of imidazole rings is 1. The molecular formula is C33H29ClN4O3. The van der Waals surface area contributed by atoms with Crippen molar-refractivity contribution in [3.05, 3.63) is 132 Å². The summed E-state index contributed by atoms with van der Waals surface area (Å²) < 4.78 is 7.50. The molecule has 1 heterocycles. The summed E-state index contributed by atoms with van der Waals surface area (Å²) in [6.45, 7) is 2.49. The highest BCUT2D eigenvalue weighted by molar-refractivity contribution is 6.33. The first-order valence-electron chi connectivity index (χ1n) is 13.3. The highest BCUT2D eigenvalue weighted by atomic mass is 35.5. The average molecular weight is 565 g/mol. The zero-order chi connectivity index (χ0) is 28.6. The molecule has 0 saturated carbocycles. The molecule has 1 aromatic heterocycles. The third kappa shape index (κ3) is 6.83. The first kappa shape index (κ1) is 27.7. The van der Waals surface area contributed by atoms with Gasteiger partial charge in [0.25, 0.3) is 5.91 Å². The predicted molar refractivity (Wildman–Crippen MR) is 161 cm³/mol. The number of carbonyl (C=O) groups is 2. The zero-order valence-corrected chi connectivity index (χ0v) is 23.3. The van der Waals surface area contributed by atoms with E-state index in [0.29, 0.717) is 34.6 Å². The molecule has 8 heteroatoms. The molecule has 0 radical (unpaired) electrons. The van der Waals surface area contributed by atoms with Crippen LogP contribution < -0.4 is 10.1 Å². The zero-order valence-electron chi connectivity index (χ0n) is 22.5. The Morgan fingerprint density at radius 2 is 1.61 bits per heavy atom. The molecule has 0 atom stereocenters. The summed E-state index contributed by atoms with van der Waals surface area (Å²) in [7, 11) is 0. The highest BCUT2D eigenvalue weighted by Gasteiger charge is 2.23. The number of anilines is 1. The molecule has 0 aliphatic carbocycles. The molecule has 7 nitrogen and oxygen atoms in total. The molecule has 0 aliphatic heterocycles. The van der Waals surface area contributed by atoms with Gasteiger partial charge in [-0.1, -0.05) is 90.5 Å². The van der Waals surface area contributed by atoms with Gasteiger partial charge in [0, 0.05) is 24.4 Å². The second kappa shape index (κ2) is 13.0. The number of amides is 2. The Kier molecular flexibility index (Phi) is 8.76. The van der Waals surface area contributed by atoms with E-state index in [4.69, 9.17) is 21.3 Å². The normalized spacial score (nSPS) is 10.7. The summed E-state index contributed by atoms with van der Waals surface area (Å²) in [5.74, 6) is 0.296.